The molecule has 118 valence electrons. The fourth-order valence-corrected chi connectivity index (χ4v) is 2.81. The summed E-state index contributed by atoms with van der Waals surface area (Å²) < 4.78 is 5.46. The van der Waals surface area contributed by atoms with E-state index in [9.17, 15) is 0 Å². The summed E-state index contributed by atoms with van der Waals surface area (Å²) in [6.45, 7) is 7.97. The minimum Gasteiger partial charge on any atom is -0.463 e. The fraction of sp³-hybridized carbons (Fsp3) is 0.786. The van der Waals surface area contributed by atoms with Crippen molar-refractivity contribution in [1.82, 2.24) is 19.9 Å². The van der Waals surface area contributed by atoms with E-state index in [4.69, 9.17) is 16.3 Å². The first-order valence-electron chi connectivity index (χ1n) is 7.63. The molecule has 21 heavy (non-hydrogen) atoms. The molecule has 0 amide bonds. The van der Waals surface area contributed by atoms with E-state index in [0.717, 1.165) is 19.5 Å². The Labute approximate surface area is 131 Å². The molecule has 1 fully saturated rings. The van der Waals surface area contributed by atoms with Gasteiger partial charge in [0.2, 0.25) is 11.2 Å². The molecule has 0 N–H and O–H groups in total. The van der Waals surface area contributed by atoms with Crippen LogP contribution in [0, 0.1) is 0 Å². The van der Waals surface area contributed by atoms with E-state index in [-0.39, 0.29) is 5.28 Å². The van der Waals surface area contributed by atoms with Crippen LogP contribution in [0.25, 0.3) is 0 Å². The third-order valence-corrected chi connectivity index (χ3v) is 3.91. The van der Waals surface area contributed by atoms with Crippen molar-refractivity contribution < 1.29 is 4.74 Å². The molecule has 1 aromatic heterocycles. The standard InChI is InChI=1S/C14H24ClN5O/c1-4-9-21-14-17-12(15)16-13(18-14)19(3)10-11-7-6-8-20(11)5-2/h11H,4-10H2,1-3H3. The third-order valence-electron chi connectivity index (χ3n) is 3.74. The van der Waals surface area contributed by atoms with Gasteiger partial charge < -0.3 is 9.64 Å². The first kappa shape index (κ1) is 16.2. The lowest BCUT2D eigenvalue weighted by Crippen LogP contribution is -2.39. The Kier molecular flexibility index (Phi) is 5.99. The van der Waals surface area contributed by atoms with Gasteiger partial charge in [-0.1, -0.05) is 13.8 Å². The SMILES string of the molecule is CCCOc1nc(Cl)nc(N(C)CC2CCCN2CC)n1. The van der Waals surface area contributed by atoms with Crippen LogP contribution in [0.1, 0.15) is 33.1 Å². The van der Waals surface area contributed by atoms with Gasteiger partial charge in [-0.3, -0.25) is 4.90 Å². The predicted octanol–water partition coefficient (Wildman–Crippen LogP) is 2.23. The number of likely N-dealkylation sites (tertiary alicyclic amines) is 1. The van der Waals surface area contributed by atoms with E-state index in [1.54, 1.807) is 0 Å². The number of aromatic nitrogens is 3. The van der Waals surface area contributed by atoms with Crippen molar-refractivity contribution in [1.29, 1.82) is 0 Å². The number of hydrogen-bond acceptors (Lipinski definition) is 6. The van der Waals surface area contributed by atoms with Crippen molar-refractivity contribution in [3.8, 4) is 6.01 Å². The van der Waals surface area contributed by atoms with Gasteiger partial charge in [-0.05, 0) is 44.0 Å². The highest BCUT2D eigenvalue weighted by molar-refractivity contribution is 6.28. The normalized spacial score (nSPS) is 19.0. The highest BCUT2D eigenvalue weighted by atomic mass is 35.5. The highest BCUT2D eigenvalue weighted by Crippen LogP contribution is 2.20. The molecule has 2 heterocycles. The molecule has 6 nitrogen and oxygen atoms in total. The fourth-order valence-electron chi connectivity index (χ4n) is 2.67. The van der Waals surface area contributed by atoms with Gasteiger partial charge in [-0.2, -0.15) is 15.0 Å². The zero-order valence-corrected chi connectivity index (χ0v) is 13.8. The Morgan fingerprint density at radius 3 is 2.86 bits per heavy atom. The number of likely N-dealkylation sites (N-methyl/N-ethyl adjacent to an activating group) is 2. The highest BCUT2D eigenvalue weighted by Gasteiger charge is 2.25. The van der Waals surface area contributed by atoms with E-state index in [1.807, 2.05) is 18.9 Å². The van der Waals surface area contributed by atoms with Gasteiger partial charge in [-0.25, -0.2) is 0 Å². The van der Waals surface area contributed by atoms with Crippen LogP contribution in [0.3, 0.4) is 0 Å². The Bertz CT molecular complexity index is 459. The van der Waals surface area contributed by atoms with E-state index in [1.165, 1.54) is 19.4 Å². The van der Waals surface area contributed by atoms with Crippen molar-refractivity contribution >= 4 is 17.5 Å². The van der Waals surface area contributed by atoms with Gasteiger partial charge in [0, 0.05) is 19.6 Å². The molecule has 1 saturated heterocycles. The van der Waals surface area contributed by atoms with Crippen LogP contribution in [-0.2, 0) is 0 Å². The van der Waals surface area contributed by atoms with E-state index >= 15 is 0 Å². The molecule has 0 aromatic carbocycles. The molecule has 1 unspecified atom stereocenters. The Balaban J connectivity index is 2.04. The van der Waals surface area contributed by atoms with Crippen LogP contribution in [-0.4, -0.2) is 59.2 Å². The van der Waals surface area contributed by atoms with Crippen molar-refractivity contribution in [3.05, 3.63) is 5.28 Å². The maximum Gasteiger partial charge on any atom is 0.322 e. The van der Waals surface area contributed by atoms with Crippen LogP contribution in [0.2, 0.25) is 5.28 Å². The van der Waals surface area contributed by atoms with E-state index in [0.29, 0.717) is 24.6 Å². The van der Waals surface area contributed by atoms with Crippen molar-refractivity contribution in [2.45, 2.75) is 39.2 Å². The number of halogens is 1. The van der Waals surface area contributed by atoms with Gasteiger partial charge in [0.05, 0.1) is 6.61 Å². The molecule has 0 radical (unpaired) electrons. The Hall–Kier alpha value is -1.14. The van der Waals surface area contributed by atoms with E-state index < -0.39 is 0 Å². The topological polar surface area (TPSA) is 54.4 Å². The minimum absolute atomic E-state index is 0.178. The second kappa shape index (κ2) is 7.75. The molecule has 7 heteroatoms. The van der Waals surface area contributed by atoms with E-state index in [2.05, 4.69) is 26.8 Å². The molecule has 0 saturated carbocycles. The zero-order valence-electron chi connectivity index (χ0n) is 13.0. The monoisotopic (exact) mass is 313 g/mol. The molecule has 1 atom stereocenters. The number of nitrogens with zero attached hydrogens (tertiary/aromatic N) is 5. The van der Waals surface area contributed by atoms with Crippen molar-refractivity contribution in [3.63, 3.8) is 0 Å². The summed E-state index contributed by atoms with van der Waals surface area (Å²) in [6, 6.07) is 0.855. The Morgan fingerprint density at radius 1 is 1.33 bits per heavy atom. The van der Waals surface area contributed by atoms with Crippen molar-refractivity contribution in [2.75, 3.05) is 38.2 Å². The number of hydrogen-bond donors (Lipinski definition) is 0. The minimum atomic E-state index is 0.178. The van der Waals surface area contributed by atoms with Gasteiger partial charge in [0.15, 0.2) is 0 Å². The first-order valence-corrected chi connectivity index (χ1v) is 8.01. The molecule has 0 bridgehead atoms. The zero-order chi connectivity index (χ0) is 15.2. The van der Waals surface area contributed by atoms with Gasteiger partial charge in [0.25, 0.3) is 0 Å². The summed E-state index contributed by atoms with van der Waals surface area (Å²) in [4.78, 5) is 17.1. The molecule has 1 aliphatic rings. The van der Waals surface area contributed by atoms with Crippen LogP contribution < -0.4 is 9.64 Å². The summed E-state index contributed by atoms with van der Waals surface area (Å²) in [7, 11) is 1.99. The lowest BCUT2D eigenvalue weighted by Gasteiger charge is -2.27. The quantitative estimate of drug-likeness (QED) is 0.769. The summed E-state index contributed by atoms with van der Waals surface area (Å²) in [6.07, 6.45) is 3.38. The average molecular weight is 314 g/mol. The number of anilines is 1. The summed E-state index contributed by atoms with van der Waals surface area (Å²) in [5, 5.41) is 0.178. The predicted molar refractivity (Wildman–Crippen MR) is 84.2 cm³/mol. The van der Waals surface area contributed by atoms with Crippen molar-refractivity contribution in [2.24, 2.45) is 0 Å². The second-order valence-corrected chi connectivity index (χ2v) is 5.68. The maximum absolute atomic E-state index is 5.97. The van der Waals surface area contributed by atoms with Crippen LogP contribution in [0.5, 0.6) is 6.01 Å². The second-order valence-electron chi connectivity index (χ2n) is 5.34. The molecule has 0 spiro atoms. The van der Waals surface area contributed by atoms with Gasteiger partial charge >= 0.3 is 6.01 Å². The van der Waals surface area contributed by atoms with Crippen LogP contribution in [0.15, 0.2) is 0 Å². The third kappa shape index (κ3) is 4.41. The molecular formula is C14H24ClN5O. The molecular weight excluding hydrogens is 290 g/mol. The van der Waals surface area contributed by atoms with Gasteiger partial charge in [0.1, 0.15) is 0 Å². The molecule has 1 aliphatic heterocycles. The van der Waals surface area contributed by atoms with Gasteiger partial charge in [-0.15, -0.1) is 0 Å². The largest absolute Gasteiger partial charge is 0.463 e. The Morgan fingerprint density at radius 2 is 2.14 bits per heavy atom. The lowest BCUT2D eigenvalue weighted by molar-refractivity contribution is 0.269. The van der Waals surface area contributed by atoms with Crippen LogP contribution in [0.4, 0.5) is 5.95 Å². The molecule has 0 aliphatic carbocycles. The summed E-state index contributed by atoms with van der Waals surface area (Å²) in [5.74, 6) is 0.573. The first-order chi connectivity index (χ1) is 10.1. The summed E-state index contributed by atoms with van der Waals surface area (Å²) >= 11 is 5.97. The number of rotatable bonds is 7. The number of ether oxygens (including phenoxy) is 1. The average Bonchev–Trinajstić information content (AvgIpc) is 2.91. The molecule has 2 rings (SSSR count). The lowest BCUT2D eigenvalue weighted by atomic mass is 10.2. The smallest absolute Gasteiger partial charge is 0.322 e. The summed E-state index contributed by atoms with van der Waals surface area (Å²) in [5.41, 5.74) is 0. The maximum atomic E-state index is 5.97. The van der Waals surface area contributed by atoms with Crippen LogP contribution >= 0.6 is 11.6 Å². The molecule has 1 aromatic rings.